The number of benzene rings is 2. The van der Waals surface area contributed by atoms with Crippen molar-refractivity contribution in [3.05, 3.63) is 69.3 Å². The van der Waals surface area contributed by atoms with Crippen molar-refractivity contribution in [2.45, 2.75) is 58.1 Å². The Kier molecular flexibility index (Phi) is 4.47. The molecule has 28 heavy (non-hydrogen) atoms. The summed E-state index contributed by atoms with van der Waals surface area (Å²) in [5.41, 5.74) is 3.09. The predicted octanol–water partition coefficient (Wildman–Crippen LogP) is 6.00. The van der Waals surface area contributed by atoms with E-state index in [4.69, 9.17) is 4.74 Å². The van der Waals surface area contributed by atoms with Crippen LogP contribution in [0.1, 0.15) is 65.9 Å². The summed E-state index contributed by atoms with van der Waals surface area (Å²) in [6.45, 7) is 5.10. The Labute approximate surface area is 161 Å². The van der Waals surface area contributed by atoms with Gasteiger partial charge in [0.1, 0.15) is 17.8 Å². The fourth-order valence-electron chi connectivity index (χ4n) is 4.33. The minimum absolute atomic E-state index is 0.00703. The first-order chi connectivity index (χ1) is 13.2. The first-order valence-corrected chi connectivity index (χ1v) is 9.38. The smallest absolute Gasteiger partial charge is 0.247 e. The average molecular weight is 391 g/mol. The molecule has 0 bridgehead atoms. The molecule has 4 rings (SSSR count). The lowest BCUT2D eigenvalue weighted by Gasteiger charge is -2.18. The molecule has 0 fully saturated rings. The summed E-state index contributed by atoms with van der Waals surface area (Å²) in [5.74, 6) is -3.17. The number of aliphatic imine (C=N–C) groups is 1. The standard InChI is InChI=1S/C22H21F4NO/c1-4-18(24)16-8-14(23)9-19(25)15(16)7-13-6-5-11(2)20-17(13)10-22(26)21(20)28-12(3)27-22/h5-6,8-9,18,21H,4,7,10H2,1-3H3. The molecule has 2 aromatic carbocycles. The molecule has 0 N–H and O–H groups in total. The predicted molar refractivity (Wildman–Crippen MR) is 99.0 cm³/mol. The van der Waals surface area contributed by atoms with Crippen molar-refractivity contribution in [3.8, 4) is 0 Å². The molecular formula is C22H21F4NO. The van der Waals surface area contributed by atoms with Crippen LogP contribution in [0.25, 0.3) is 0 Å². The molecule has 1 heterocycles. The third-order valence-electron chi connectivity index (χ3n) is 5.65. The van der Waals surface area contributed by atoms with E-state index in [0.29, 0.717) is 17.0 Å². The number of aryl methyl sites for hydroxylation is 1. The second-order valence-corrected chi connectivity index (χ2v) is 7.57. The molecule has 1 aliphatic carbocycles. The van der Waals surface area contributed by atoms with Gasteiger partial charge in [-0.1, -0.05) is 19.1 Å². The Bertz CT molecular complexity index is 987. The lowest BCUT2D eigenvalue weighted by molar-refractivity contribution is 0.0537. The monoisotopic (exact) mass is 391 g/mol. The lowest BCUT2D eigenvalue weighted by Crippen LogP contribution is -2.22. The van der Waals surface area contributed by atoms with Crippen LogP contribution >= 0.6 is 0 Å². The van der Waals surface area contributed by atoms with Gasteiger partial charge in [0.05, 0.1) is 0 Å². The van der Waals surface area contributed by atoms with Gasteiger partial charge in [-0.15, -0.1) is 0 Å². The Morgan fingerprint density at radius 1 is 1.25 bits per heavy atom. The second kappa shape index (κ2) is 6.61. The summed E-state index contributed by atoms with van der Waals surface area (Å²) in [6.07, 6.45) is -2.10. The van der Waals surface area contributed by atoms with Gasteiger partial charge in [-0.25, -0.2) is 22.6 Å². The van der Waals surface area contributed by atoms with Crippen LogP contribution in [0, 0.1) is 18.6 Å². The van der Waals surface area contributed by atoms with Crippen LogP contribution in [-0.2, 0) is 17.6 Å². The first-order valence-electron chi connectivity index (χ1n) is 9.38. The number of alkyl halides is 2. The Morgan fingerprint density at radius 2 is 2.00 bits per heavy atom. The third-order valence-corrected chi connectivity index (χ3v) is 5.65. The van der Waals surface area contributed by atoms with Crippen molar-refractivity contribution in [2.24, 2.45) is 4.99 Å². The third kappa shape index (κ3) is 2.90. The number of halogens is 4. The van der Waals surface area contributed by atoms with Gasteiger partial charge in [0.15, 0.2) is 12.0 Å². The largest absolute Gasteiger partial charge is 0.468 e. The number of fused-ring (bicyclic) bond motifs is 3. The molecule has 1 aliphatic heterocycles. The minimum atomic E-state index is -1.87. The van der Waals surface area contributed by atoms with Crippen LogP contribution in [0.3, 0.4) is 0 Å². The molecule has 148 valence electrons. The van der Waals surface area contributed by atoms with Crippen molar-refractivity contribution in [3.63, 3.8) is 0 Å². The zero-order chi connectivity index (χ0) is 20.2. The van der Waals surface area contributed by atoms with Crippen LogP contribution in [0.15, 0.2) is 29.3 Å². The molecule has 2 aromatic rings. The van der Waals surface area contributed by atoms with E-state index >= 15 is 4.39 Å². The van der Waals surface area contributed by atoms with Gasteiger partial charge in [0.2, 0.25) is 5.79 Å². The SMILES string of the molecule is CCC(F)c1cc(F)cc(F)c1Cc1ccc(C)c2c1CC1(F)N=C(C)OC21. The highest BCUT2D eigenvalue weighted by atomic mass is 19.2. The molecule has 0 aromatic heterocycles. The van der Waals surface area contributed by atoms with Gasteiger partial charge in [0.25, 0.3) is 0 Å². The number of hydrogen-bond donors (Lipinski definition) is 0. The van der Waals surface area contributed by atoms with Gasteiger partial charge in [-0.05, 0) is 47.2 Å². The van der Waals surface area contributed by atoms with Crippen molar-refractivity contribution in [1.82, 2.24) is 0 Å². The molecule has 6 heteroatoms. The lowest BCUT2D eigenvalue weighted by atomic mass is 9.90. The molecule has 0 spiro atoms. The average Bonchev–Trinajstić information content (AvgIpc) is 3.07. The Hall–Kier alpha value is -2.37. The highest BCUT2D eigenvalue weighted by Gasteiger charge is 2.54. The van der Waals surface area contributed by atoms with Crippen molar-refractivity contribution in [1.29, 1.82) is 0 Å². The molecule has 2 nitrogen and oxygen atoms in total. The topological polar surface area (TPSA) is 21.6 Å². The van der Waals surface area contributed by atoms with Crippen molar-refractivity contribution >= 4 is 5.90 Å². The van der Waals surface area contributed by atoms with Crippen LogP contribution in [0.2, 0.25) is 0 Å². The molecule has 0 radical (unpaired) electrons. The zero-order valence-electron chi connectivity index (χ0n) is 16.0. The maximum Gasteiger partial charge on any atom is 0.247 e. The minimum Gasteiger partial charge on any atom is -0.468 e. The number of ether oxygens (including phenoxy) is 1. The summed E-state index contributed by atoms with van der Waals surface area (Å²) in [6, 6.07) is 5.42. The summed E-state index contributed by atoms with van der Waals surface area (Å²) in [7, 11) is 0. The highest BCUT2D eigenvalue weighted by molar-refractivity contribution is 5.77. The first kappa shape index (κ1) is 19.0. The second-order valence-electron chi connectivity index (χ2n) is 7.57. The molecule has 0 amide bonds. The van der Waals surface area contributed by atoms with Crippen LogP contribution in [-0.4, -0.2) is 11.7 Å². The van der Waals surface area contributed by atoms with E-state index in [1.54, 1.807) is 19.9 Å². The number of rotatable bonds is 4. The van der Waals surface area contributed by atoms with E-state index in [1.165, 1.54) is 0 Å². The van der Waals surface area contributed by atoms with Crippen molar-refractivity contribution in [2.75, 3.05) is 0 Å². The van der Waals surface area contributed by atoms with Crippen molar-refractivity contribution < 1.29 is 22.3 Å². The van der Waals surface area contributed by atoms with E-state index in [-0.39, 0.29) is 30.4 Å². The van der Waals surface area contributed by atoms with E-state index in [1.807, 2.05) is 13.0 Å². The quantitative estimate of drug-likeness (QED) is 0.463. The summed E-state index contributed by atoms with van der Waals surface area (Å²) in [5, 5.41) is 0. The molecule has 2 aliphatic rings. The van der Waals surface area contributed by atoms with Crippen LogP contribution in [0.4, 0.5) is 17.6 Å². The summed E-state index contributed by atoms with van der Waals surface area (Å²) >= 11 is 0. The van der Waals surface area contributed by atoms with E-state index in [9.17, 15) is 13.2 Å². The van der Waals surface area contributed by atoms with Gasteiger partial charge in [0, 0.05) is 31.4 Å². The van der Waals surface area contributed by atoms with Gasteiger partial charge in [-0.3, -0.25) is 0 Å². The molecule has 3 atom stereocenters. The van der Waals surface area contributed by atoms with Gasteiger partial charge >= 0.3 is 0 Å². The van der Waals surface area contributed by atoms with Gasteiger partial charge < -0.3 is 4.74 Å². The fourth-order valence-corrected chi connectivity index (χ4v) is 4.33. The van der Waals surface area contributed by atoms with E-state index in [0.717, 1.165) is 23.3 Å². The normalized spacial score (nSPS) is 23.8. The maximum absolute atomic E-state index is 15.3. The fraction of sp³-hybridized carbons (Fsp3) is 0.409. The molecule has 0 saturated carbocycles. The van der Waals surface area contributed by atoms with E-state index < -0.39 is 29.7 Å². The maximum atomic E-state index is 15.3. The summed E-state index contributed by atoms with van der Waals surface area (Å²) < 4.78 is 63.6. The van der Waals surface area contributed by atoms with Crippen LogP contribution < -0.4 is 0 Å². The number of nitrogens with zero attached hydrogens (tertiary/aromatic N) is 1. The Morgan fingerprint density at radius 3 is 2.71 bits per heavy atom. The molecule has 3 unspecified atom stereocenters. The van der Waals surface area contributed by atoms with E-state index in [2.05, 4.69) is 4.99 Å². The Balaban J connectivity index is 1.80. The van der Waals surface area contributed by atoms with Gasteiger partial charge in [-0.2, -0.15) is 0 Å². The zero-order valence-corrected chi connectivity index (χ0v) is 16.0. The summed E-state index contributed by atoms with van der Waals surface area (Å²) in [4.78, 5) is 4.02. The molecular weight excluding hydrogens is 370 g/mol. The number of hydrogen-bond acceptors (Lipinski definition) is 2. The highest BCUT2D eigenvalue weighted by Crippen LogP contribution is 2.51. The molecule has 0 saturated heterocycles. The van der Waals surface area contributed by atoms with Crippen LogP contribution in [0.5, 0.6) is 0 Å².